The summed E-state index contributed by atoms with van der Waals surface area (Å²) in [6, 6.07) is 0. The number of rotatable bonds is 0. The Bertz CT molecular complexity index is 624. The number of aromatic amines is 1. The average molecular weight is 288 g/mol. The molecule has 0 fully saturated rings. The molecule has 0 saturated heterocycles. The fourth-order valence-electron chi connectivity index (χ4n) is 1.88. The molecule has 0 aliphatic carbocycles. The highest BCUT2D eigenvalue weighted by molar-refractivity contribution is 5.79. The summed E-state index contributed by atoms with van der Waals surface area (Å²) in [4.78, 5) is 13.2. The highest BCUT2D eigenvalue weighted by atomic mass is 19.4. The minimum atomic E-state index is -5.08. The van der Waals surface area contributed by atoms with Crippen LogP contribution in [0.25, 0.3) is 11.0 Å². The number of H-pyrrole nitrogens is 1. The molecular formula is C11H11F3N4O2. The van der Waals surface area contributed by atoms with Crippen molar-refractivity contribution >= 4 is 17.0 Å². The largest absolute Gasteiger partial charge is 0.490 e. The van der Waals surface area contributed by atoms with Gasteiger partial charge in [-0.15, -0.1) is 0 Å². The topological polar surface area (TPSA) is 90.9 Å². The van der Waals surface area contributed by atoms with Gasteiger partial charge in [0, 0.05) is 18.1 Å². The van der Waals surface area contributed by atoms with E-state index in [0.29, 0.717) is 0 Å². The van der Waals surface area contributed by atoms with Crippen LogP contribution in [0, 0.1) is 0 Å². The number of aromatic nitrogens is 3. The summed E-state index contributed by atoms with van der Waals surface area (Å²) in [6.07, 6.45) is -0.206. The van der Waals surface area contributed by atoms with Crippen molar-refractivity contribution in [2.45, 2.75) is 19.1 Å². The predicted molar refractivity (Wildman–Crippen MR) is 63.0 cm³/mol. The maximum Gasteiger partial charge on any atom is 0.490 e. The molecular weight excluding hydrogens is 277 g/mol. The molecule has 3 N–H and O–H groups in total. The van der Waals surface area contributed by atoms with Gasteiger partial charge in [0.1, 0.15) is 0 Å². The molecule has 20 heavy (non-hydrogen) atoms. The van der Waals surface area contributed by atoms with Gasteiger partial charge >= 0.3 is 12.1 Å². The van der Waals surface area contributed by atoms with E-state index in [1.807, 2.05) is 12.4 Å². The predicted octanol–water partition coefficient (Wildman–Crippen LogP) is 1.24. The minimum Gasteiger partial charge on any atom is -0.475 e. The van der Waals surface area contributed by atoms with Crippen LogP contribution in [0.1, 0.15) is 11.1 Å². The minimum absolute atomic E-state index is 0.903. The number of halogens is 3. The Morgan fingerprint density at radius 2 is 2.05 bits per heavy atom. The van der Waals surface area contributed by atoms with Gasteiger partial charge in [0.05, 0.1) is 6.20 Å². The summed E-state index contributed by atoms with van der Waals surface area (Å²) in [6.45, 7) is 1.99. The maximum absolute atomic E-state index is 10.6. The lowest BCUT2D eigenvalue weighted by Crippen LogP contribution is -2.23. The van der Waals surface area contributed by atoms with Crippen LogP contribution in [-0.2, 0) is 17.8 Å². The Morgan fingerprint density at radius 3 is 2.70 bits per heavy atom. The first-order valence-electron chi connectivity index (χ1n) is 5.70. The second-order valence-electron chi connectivity index (χ2n) is 4.12. The summed E-state index contributed by atoms with van der Waals surface area (Å²) < 4.78 is 31.7. The number of hydrogen-bond acceptors (Lipinski definition) is 4. The molecule has 2 aromatic heterocycles. The number of carboxylic acid groups (broad SMARTS) is 1. The Kier molecular flexibility index (Phi) is 3.89. The molecule has 1 aliphatic heterocycles. The molecule has 3 rings (SSSR count). The standard InChI is InChI=1S/C9H10N4.C2HF3O2/c1-2-10-3-6-4-11-9-8(7(1)6)5-12-13-9;3-2(4,5)1(6)7/h4-5,10H,1-3H2,(H,11,12,13);(H,6,7). The number of carbonyl (C=O) groups is 1. The Morgan fingerprint density at radius 1 is 1.35 bits per heavy atom. The number of aliphatic carboxylic acids is 1. The van der Waals surface area contributed by atoms with Gasteiger partial charge in [0.15, 0.2) is 5.65 Å². The van der Waals surface area contributed by atoms with Gasteiger partial charge in [-0.1, -0.05) is 0 Å². The van der Waals surface area contributed by atoms with Gasteiger partial charge in [-0.3, -0.25) is 5.10 Å². The molecule has 0 saturated carbocycles. The van der Waals surface area contributed by atoms with Crippen molar-refractivity contribution in [3.05, 3.63) is 23.5 Å². The smallest absolute Gasteiger partial charge is 0.475 e. The second-order valence-corrected chi connectivity index (χ2v) is 4.12. The normalized spacial score (nSPS) is 14.3. The number of carboxylic acids is 1. The van der Waals surface area contributed by atoms with E-state index in [1.165, 1.54) is 16.5 Å². The first-order chi connectivity index (χ1) is 9.39. The zero-order chi connectivity index (χ0) is 14.8. The first-order valence-corrected chi connectivity index (χ1v) is 5.70. The van der Waals surface area contributed by atoms with Crippen LogP contribution >= 0.6 is 0 Å². The number of alkyl halides is 3. The van der Waals surface area contributed by atoms with Crippen molar-refractivity contribution in [1.29, 1.82) is 0 Å². The Balaban J connectivity index is 0.000000182. The van der Waals surface area contributed by atoms with Crippen LogP contribution in [0.2, 0.25) is 0 Å². The van der Waals surface area contributed by atoms with E-state index in [1.54, 1.807) is 0 Å². The van der Waals surface area contributed by atoms with Crippen LogP contribution in [0.15, 0.2) is 12.4 Å². The lowest BCUT2D eigenvalue weighted by molar-refractivity contribution is -0.192. The monoisotopic (exact) mass is 288 g/mol. The van der Waals surface area contributed by atoms with E-state index < -0.39 is 12.1 Å². The lowest BCUT2D eigenvalue weighted by Gasteiger charge is -2.16. The molecule has 2 aromatic rings. The third-order valence-electron chi connectivity index (χ3n) is 2.79. The SMILES string of the molecule is O=C(O)C(F)(F)F.c1nc2[nH]ncc2c2c1CNCC2. The Labute approximate surface area is 111 Å². The number of hydrogen-bond donors (Lipinski definition) is 3. The van der Waals surface area contributed by atoms with Gasteiger partial charge < -0.3 is 10.4 Å². The van der Waals surface area contributed by atoms with Gasteiger partial charge in [-0.2, -0.15) is 18.3 Å². The van der Waals surface area contributed by atoms with Crippen molar-refractivity contribution in [3.63, 3.8) is 0 Å². The highest BCUT2D eigenvalue weighted by Crippen LogP contribution is 2.21. The molecule has 0 bridgehead atoms. The molecule has 6 nitrogen and oxygen atoms in total. The third kappa shape index (κ3) is 3.05. The molecule has 0 aromatic carbocycles. The molecule has 108 valence electrons. The van der Waals surface area contributed by atoms with Gasteiger partial charge in [-0.25, -0.2) is 9.78 Å². The summed E-state index contributed by atoms with van der Waals surface area (Å²) in [5.74, 6) is -2.76. The summed E-state index contributed by atoms with van der Waals surface area (Å²) in [5, 5.41) is 18.5. The van der Waals surface area contributed by atoms with Crippen molar-refractivity contribution in [3.8, 4) is 0 Å². The fraction of sp³-hybridized carbons (Fsp3) is 0.364. The zero-order valence-electron chi connectivity index (χ0n) is 10.2. The zero-order valence-corrected chi connectivity index (χ0v) is 10.2. The number of nitrogens with one attached hydrogen (secondary N) is 2. The van der Waals surface area contributed by atoms with Gasteiger partial charge in [-0.05, 0) is 24.1 Å². The number of fused-ring (bicyclic) bond motifs is 3. The van der Waals surface area contributed by atoms with E-state index in [2.05, 4.69) is 20.5 Å². The van der Waals surface area contributed by atoms with Crippen molar-refractivity contribution in [2.24, 2.45) is 0 Å². The second kappa shape index (κ2) is 5.45. The van der Waals surface area contributed by atoms with Gasteiger partial charge in [0.25, 0.3) is 0 Å². The van der Waals surface area contributed by atoms with E-state index in [0.717, 1.165) is 25.2 Å². The van der Waals surface area contributed by atoms with Crippen LogP contribution in [0.3, 0.4) is 0 Å². The van der Waals surface area contributed by atoms with E-state index >= 15 is 0 Å². The average Bonchev–Trinajstić information content (AvgIpc) is 2.87. The fourth-order valence-corrected chi connectivity index (χ4v) is 1.88. The molecule has 0 radical (unpaired) electrons. The molecule has 9 heteroatoms. The maximum atomic E-state index is 10.6. The van der Waals surface area contributed by atoms with Gasteiger partial charge in [0.2, 0.25) is 0 Å². The summed E-state index contributed by atoms with van der Waals surface area (Å²) in [5.41, 5.74) is 3.61. The number of pyridine rings is 1. The first kappa shape index (κ1) is 14.3. The molecule has 0 atom stereocenters. The van der Waals surface area contributed by atoms with Crippen molar-refractivity contribution in [1.82, 2.24) is 20.5 Å². The molecule has 0 unspecified atom stereocenters. The summed E-state index contributed by atoms with van der Waals surface area (Å²) in [7, 11) is 0. The van der Waals surface area contributed by atoms with Crippen molar-refractivity contribution < 1.29 is 23.1 Å². The number of nitrogens with zero attached hydrogens (tertiary/aromatic N) is 2. The Hall–Kier alpha value is -2.16. The lowest BCUT2D eigenvalue weighted by atomic mass is 10.0. The van der Waals surface area contributed by atoms with E-state index in [9.17, 15) is 13.2 Å². The summed E-state index contributed by atoms with van der Waals surface area (Å²) >= 11 is 0. The molecule has 0 amide bonds. The quantitative estimate of drug-likeness (QED) is 0.678. The molecule has 3 heterocycles. The molecule has 1 aliphatic rings. The van der Waals surface area contributed by atoms with E-state index in [-0.39, 0.29) is 0 Å². The van der Waals surface area contributed by atoms with Crippen LogP contribution < -0.4 is 5.32 Å². The third-order valence-corrected chi connectivity index (χ3v) is 2.79. The van der Waals surface area contributed by atoms with E-state index in [4.69, 9.17) is 9.90 Å². The van der Waals surface area contributed by atoms with Crippen LogP contribution in [0.4, 0.5) is 13.2 Å². The van der Waals surface area contributed by atoms with Crippen LogP contribution in [-0.4, -0.2) is 39.0 Å². The van der Waals surface area contributed by atoms with Crippen LogP contribution in [0.5, 0.6) is 0 Å². The molecule has 0 spiro atoms. The highest BCUT2D eigenvalue weighted by Gasteiger charge is 2.38. The van der Waals surface area contributed by atoms with Crippen molar-refractivity contribution in [2.75, 3.05) is 6.54 Å².